The van der Waals surface area contributed by atoms with E-state index in [1.165, 1.54) is 0 Å². The van der Waals surface area contributed by atoms with E-state index in [0.29, 0.717) is 36.8 Å². The third kappa shape index (κ3) is 5.97. The monoisotopic (exact) mass is 501 g/mol. The lowest BCUT2D eigenvalue weighted by molar-refractivity contribution is -0.122. The van der Waals surface area contributed by atoms with Crippen molar-refractivity contribution in [1.29, 1.82) is 0 Å². The topological polar surface area (TPSA) is 133 Å². The molecule has 0 spiro atoms. The van der Waals surface area contributed by atoms with Crippen molar-refractivity contribution in [3.05, 3.63) is 56.8 Å². The fourth-order valence-electron chi connectivity index (χ4n) is 3.71. The van der Waals surface area contributed by atoms with Crippen LogP contribution in [-0.4, -0.2) is 56.1 Å². The van der Waals surface area contributed by atoms with Crippen molar-refractivity contribution in [2.75, 3.05) is 18.4 Å². The molecule has 4 rings (SSSR count). The molecule has 1 saturated heterocycles. The van der Waals surface area contributed by atoms with E-state index in [2.05, 4.69) is 31.0 Å². The first-order valence-electron chi connectivity index (χ1n) is 10.8. The first-order valence-corrected chi connectivity index (χ1v) is 12.0. The van der Waals surface area contributed by atoms with E-state index >= 15 is 0 Å². The zero-order valence-corrected chi connectivity index (χ0v) is 20.1. The molecule has 3 aromatic rings. The Morgan fingerprint density at radius 3 is 2.68 bits per heavy atom. The highest BCUT2D eigenvalue weighted by Crippen LogP contribution is 2.23. The van der Waals surface area contributed by atoms with Crippen molar-refractivity contribution in [2.24, 2.45) is 5.92 Å². The minimum absolute atomic E-state index is 0.00939. The van der Waals surface area contributed by atoms with Gasteiger partial charge < -0.3 is 15.5 Å². The molecular formula is C22H24ClN7O3S. The normalized spacial score (nSPS) is 14.1. The van der Waals surface area contributed by atoms with Crippen molar-refractivity contribution in [3.8, 4) is 0 Å². The smallest absolute Gasteiger partial charge is 0.286 e. The fourth-order valence-corrected chi connectivity index (χ4v) is 4.61. The number of likely N-dealkylation sites (tertiary alicyclic amines) is 1. The number of amides is 3. The van der Waals surface area contributed by atoms with Gasteiger partial charge in [-0.3, -0.25) is 19.5 Å². The van der Waals surface area contributed by atoms with E-state index in [-0.39, 0.29) is 27.7 Å². The zero-order chi connectivity index (χ0) is 24.1. The number of hydrogen-bond acceptors (Lipinski definition) is 7. The zero-order valence-electron chi connectivity index (χ0n) is 18.5. The molecule has 1 aliphatic heterocycles. The Hall–Kier alpha value is -3.31. The Morgan fingerprint density at radius 1 is 1.21 bits per heavy atom. The number of piperidine rings is 1. The molecule has 0 unspecified atom stereocenters. The van der Waals surface area contributed by atoms with Gasteiger partial charge in [-0.15, -0.1) is 10.2 Å². The van der Waals surface area contributed by atoms with Gasteiger partial charge in [-0.25, -0.2) is 0 Å². The summed E-state index contributed by atoms with van der Waals surface area (Å²) >= 11 is 6.89. The fraction of sp³-hybridized carbons (Fsp3) is 0.364. The number of benzene rings is 1. The van der Waals surface area contributed by atoms with Crippen molar-refractivity contribution in [2.45, 2.75) is 32.7 Å². The lowest BCUT2D eigenvalue weighted by Gasteiger charge is -2.31. The molecule has 0 aliphatic carbocycles. The van der Waals surface area contributed by atoms with Crippen LogP contribution in [0.2, 0.25) is 5.02 Å². The molecule has 178 valence electrons. The van der Waals surface area contributed by atoms with Gasteiger partial charge in [0.05, 0.1) is 6.20 Å². The number of aromatic nitrogens is 4. The van der Waals surface area contributed by atoms with Crippen LogP contribution in [0.25, 0.3) is 0 Å². The highest BCUT2D eigenvalue weighted by atomic mass is 35.5. The van der Waals surface area contributed by atoms with Crippen molar-refractivity contribution in [3.63, 3.8) is 0 Å². The Morgan fingerprint density at radius 2 is 1.97 bits per heavy atom. The number of aromatic amines is 1. The van der Waals surface area contributed by atoms with Gasteiger partial charge in [-0.1, -0.05) is 29.0 Å². The number of H-pyrrole nitrogens is 1. The Balaban J connectivity index is 1.24. The molecule has 1 fully saturated rings. The standard InChI is InChI=1S/C22H24ClN7O3S/c1-13-15(12-25-27-13)11-24-18(31)9-14-5-7-30(8-6-14)22(33)21-29-28-20(34-21)19(32)26-17-4-2-3-16(23)10-17/h2-4,10,12,14H,5-9,11H2,1H3,(H,24,31)(H,25,27)(H,26,32). The van der Waals surface area contributed by atoms with Crippen molar-refractivity contribution < 1.29 is 14.4 Å². The number of hydrogen-bond donors (Lipinski definition) is 3. The lowest BCUT2D eigenvalue weighted by atomic mass is 9.93. The molecular weight excluding hydrogens is 478 g/mol. The number of rotatable bonds is 7. The third-order valence-corrected chi connectivity index (χ3v) is 6.82. The highest BCUT2D eigenvalue weighted by molar-refractivity contribution is 7.15. The van der Waals surface area contributed by atoms with Crippen LogP contribution < -0.4 is 10.6 Å². The molecule has 0 saturated carbocycles. The van der Waals surface area contributed by atoms with Gasteiger partial charge in [-0.05, 0) is 43.9 Å². The number of halogens is 1. The van der Waals surface area contributed by atoms with Crippen LogP contribution in [0, 0.1) is 12.8 Å². The van der Waals surface area contributed by atoms with Crippen LogP contribution in [-0.2, 0) is 11.3 Å². The summed E-state index contributed by atoms with van der Waals surface area (Å²) in [5.74, 6) is -0.500. The summed E-state index contributed by atoms with van der Waals surface area (Å²) in [6, 6.07) is 6.76. The van der Waals surface area contributed by atoms with Crippen LogP contribution >= 0.6 is 22.9 Å². The minimum Gasteiger partial charge on any atom is -0.352 e. The average Bonchev–Trinajstić information content (AvgIpc) is 3.47. The van der Waals surface area contributed by atoms with Crippen LogP contribution in [0.4, 0.5) is 5.69 Å². The number of carbonyl (C=O) groups excluding carboxylic acids is 3. The summed E-state index contributed by atoms with van der Waals surface area (Å²) < 4.78 is 0. The SMILES string of the molecule is Cc1[nH]ncc1CNC(=O)CC1CCN(C(=O)c2nnc(C(=O)Nc3cccc(Cl)c3)s2)CC1. The quantitative estimate of drug-likeness (QED) is 0.455. The Bertz CT molecular complexity index is 1190. The Kier molecular flexibility index (Phi) is 7.53. The maximum Gasteiger partial charge on any atom is 0.286 e. The van der Waals surface area contributed by atoms with Crippen LogP contribution in [0.5, 0.6) is 0 Å². The summed E-state index contributed by atoms with van der Waals surface area (Å²) in [5, 5.41) is 21.0. The number of nitrogens with one attached hydrogen (secondary N) is 3. The number of carbonyl (C=O) groups is 3. The van der Waals surface area contributed by atoms with E-state index in [0.717, 1.165) is 35.4 Å². The predicted molar refractivity (Wildman–Crippen MR) is 128 cm³/mol. The van der Waals surface area contributed by atoms with Crippen molar-refractivity contribution >= 4 is 46.3 Å². The van der Waals surface area contributed by atoms with Gasteiger partial charge in [0.15, 0.2) is 0 Å². The summed E-state index contributed by atoms with van der Waals surface area (Å²) in [6.07, 6.45) is 3.58. The second kappa shape index (κ2) is 10.7. The maximum absolute atomic E-state index is 12.8. The molecule has 2 aromatic heterocycles. The average molecular weight is 502 g/mol. The molecule has 10 nitrogen and oxygen atoms in total. The van der Waals surface area contributed by atoms with Gasteiger partial charge in [0.25, 0.3) is 11.8 Å². The third-order valence-electron chi connectivity index (χ3n) is 5.67. The van der Waals surface area contributed by atoms with E-state index in [9.17, 15) is 14.4 Å². The molecule has 0 radical (unpaired) electrons. The minimum atomic E-state index is -0.450. The molecule has 34 heavy (non-hydrogen) atoms. The van der Waals surface area contributed by atoms with E-state index in [4.69, 9.17) is 11.6 Å². The lowest BCUT2D eigenvalue weighted by Crippen LogP contribution is -2.39. The van der Waals surface area contributed by atoms with Crippen LogP contribution in [0.3, 0.4) is 0 Å². The number of nitrogens with zero attached hydrogens (tertiary/aromatic N) is 4. The number of anilines is 1. The molecule has 3 amide bonds. The largest absolute Gasteiger partial charge is 0.352 e. The highest BCUT2D eigenvalue weighted by Gasteiger charge is 2.28. The maximum atomic E-state index is 12.8. The van der Waals surface area contributed by atoms with Crippen molar-refractivity contribution in [1.82, 2.24) is 30.6 Å². The summed E-state index contributed by atoms with van der Waals surface area (Å²) in [6.45, 7) is 3.42. The van der Waals surface area contributed by atoms with E-state index < -0.39 is 5.91 Å². The summed E-state index contributed by atoms with van der Waals surface area (Å²) in [5.41, 5.74) is 2.44. The van der Waals surface area contributed by atoms with Gasteiger partial charge in [0.2, 0.25) is 15.9 Å². The first-order chi connectivity index (χ1) is 16.4. The first kappa shape index (κ1) is 23.8. The molecule has 1 aliphatic rings. The van der Waals surface area contributed by atoms with Gasteiger partial charge in [-0.2, -0.15) is 5.10 Å². The van der Waals surface area contributed by atoms with Crippen LogP contribution in [0.1, 0.15) is 50.1 Å². The van der Waals surface area contributed by atoms with E-state index in [1.54, 1.807) is 35.4 Å². The summed E-state index contributed by atoms with van der Waals surface area (Å²) in [4.78, 5) is 39.2. The second-order valence-corrected chi connectivity index (χ2v) is 9.53. The summed E-state index contributed by atoms with van der Waals surface area (Å²) in [7, 11) is 0. The molecule has 0 bridgehead atoms. The van der Waals surface area contributed by atoms with Gasteiger partial charge in [0.1, 0.15) is 0 Å². The number of aryl methyl sites for hydroxylation is 1. The van der Waals surface area contributed by atoms with Gasteiger partial charge in [0, 0.05) is 48.0 Å². The molecule has 3 N–H and O–H groups in total. The van der Waals surface area contributed by atoms with E-state index in [1.807, 2.05) is 6.92 Å². The second-order valence-electron chi connectivity index (χ2n) is 8.11. The Labute approximate surface area is 205 Å². The van der Waals surface area contributed by atoms with Gasteiger partial charge >= 0.3 is 0 Å². The van der Waals surface area contributed by atoms with Crippen LogP contribution in [0.15, 0.2) is 30.5 Å². The predicted octanol–water partition coefficient (Wildman–Crippen LogP) is 3.03. The molecule has 0 atom stereocenters. The molecule has 1 aromatic carbocycles. The molecule has 3 heterocycles. The molecule has 12 heteroatoms.